The van der Waals surface area contributed by atoms with Gasteiger partial charge in [0.1, 0.15) is 18.3 Å². The second-order valence-corrected chi connectivity index (χ2v) is 9.30. The van der Waals surface area contributed by atoms with Crippen LogP contribution in [-0.4, -0.2) is 59.0 Å². The van der Waals surface area contributed by atoms with E-state index in [0.717, 1.165) is 38.1 Å². The maximum absolute atomic E-state index is 13.2. The Hall–Kier alpha value is -2.96. The van der Waals surface area contributed by atoms with Gasteiger partial charge in [0.2, 0.25) is 0 Å². The second kappa shape index (κ2) is 9.96. The summed E-state index contributed by atoms with van der Waals surface area (Å²) in [5, 5.41) is 20.6. The molecule has 1 aliphatic heterocycles. The molecule has 0 radical (unpaired) electrons. The van der Waals surface area contributed by atoms with E-state index in [4.69, 9.17) is 14.5 Å². The Bertz CT molecular complexity index is 1370. The first-order chi connectivity index (χ1) is 16.6. The summed E-state index contributed by atoms with van der Waals surface area (Å²) < 4.78 is 22.6. The molecule has 1 saturated heterocycles. The third-order valence-electron chi connectivity index (χ3n) is 5.81. The lowest BCUT2D eigenvalue weighted by atomic mass is 10.0. The number of phosphoric ester groups is 1. The van der Waals surface area contributed by atoms with Crippen molar-refractivity contribution in [1.29, 1.82) is 0 Å². The normalized spacial score (nSPS) is 22.4. The maximum Gasteiger partial charge on any atom is 0.469 e. The summed E-state index contributed by atoms with van der Waals surface area (Å²) >= 11 is 0. The van der Waals surface area contributed by atoms with Crippen LogP contribution >= 0.6 is 7.82 Å². The molecule has 1 fully saturated rings. The Balaban J connectivity index is 1.64. The van der Waals surface area contributed by atoms with Gasteiger partial charge >= 0.3 is 13.5 Å². The number of nitrogens with zero attached hydrogens (tertiary/aromatic N) is 3. The van der Waals surface area contributed by atoms with Gasteiger partial charge in [-0.1, -0.05) is 30.3 Å². The Morgan fingerprint density at radius 2 is 1.80 bits per heavy atom. The molecular weight excluding hydrogens is 481 g/mol. The lowest BCUT2D eigenvalue weighted by Crippen LogP contribution is -2.43. The largest absolute Gasteiger partial charge is 0.469 e. The van der Waals surface area contributed by atoms with E-state index >= 15 is 0 Å². The van der Waals surface area contributed by atoms with Gasteiger partial charge in [-0.05, 0) is 29.7 Å². The number of phosphoric acid groups is 1. The van der Waals surface area contributed by atoms with Crippen LogP contribution in [0.4, 0.5) is 0 Å². The van der Waals surface area contributed by atoms with E-state index in [1.54, 1.807) is 6.20 Å². The number of aliphatic hydroxyl groups is 2. The zero-order valence-electron chi connectivity index (χ0n) is 18.5. The van der Waals surface area contributed by atoms with Gasteiger partial charge in [-0.2, -0.15) is 0 Å². The Morgan fingerprint density at radius 1 is 1.09 bits per heavy atom. The van der Waals surface area contributed by atoms with Crippen molar-refractivity contribution in [1.82, 2.24) is 14.1 Å². The monoisotopic (exact) mass is 505 g/mol. The van der Waals surface area contributed by atoms with Crippen molar-refractivity contribution in [3.63, 3.8) is 0 Å². The summed E-state index contributed by atoms with van der Waals surface area (Å²) in [6.45, 7) is 0.965. The highest BCUT2D eigenvalue weighted by atomic mass is 31.2. The molecule has 186 valence electrons. The molecule has 1 aromatic carbocycles. The Labute approximate surface area is 198 Å². The van der Waals surface area contributed by atoms with Crippen molar-refractivity contribution in [3.8, 4) is 11.1 Å². The molecule has 0 bridgehead atoms. The average molecular weight is 505 g/mol. The standard InChI is InChI=1S/C22H24N3O9P/c1-13-15(14-5-3-2-4-6-14)7-9-23-16(13)11-25-18(26)8-10-24(22(25)29)21-20(28)19(27)17(34-21)12-33-35(30,31)32/h2-10,17,19-21,27-28H,11-12H2,1H3,(H2,30,31,32)/t17-,19?,20?,21-/m1/s1. The smallest absolute Gasteiger partial charge is 0.387 e. The summed E-state index contributed by atoms with van der Waals surface area (Å²) in [5.41, 5.74) is 1.69. The Morgan fingerprint density at radius 3 is 2.49 bits per heavy atom. The van der Waals surface area contributed by atoms with Crippen LogP contribution in [0.15, 0.2) is 64.4 Å². The zero-order chi connectivity index (χ0) is 25.3. The van der Waals surface area contributed by atoms with E-state index in [0.29, 0.717) is 5.69 Å². The number of aromatic nitrogens is 3. The highest BCUT2D eigenvalue weighted by Gasteiger charge is 2.45. The van der Waals surface area contributed by atoms with Gasteiger partial charge in [0.25, 0.3) is 5.56 Å². The third kappa shape index (κ3) is 5.34. The number of hydrogen-bond donors (Lipinski definition) is 4. The molecule has 4 rings (SSSR count). The van der Waals surface area contributed by atoms with Crippen molar-refractivity contribution < 1.29 is 33.8 Å². The molecule has 1 aliphatic rings. The van der Waals surface area contributed by atoms with Crippen molar-refractivity contribution in [2.45, 2.75) is 38.0 Å². The minimum atomic E-state index is -4.84. The van der Waals surface area contributed by atoms with Crippen LogP contribution in [0, 0.1) is 6.92 Å². The molecule has 3 aromatic rings. The van der Waals surface area contributed by atoms with E-state index in [9.17, 15) is 24.4 Å². The summed E-state index contributed by atoms with van der Waals surface area (Å²) in [6, 6.07) is 12.5. The van der Waals surface area contributed by atoms with E-state index in [2.05, 4.69) is 9.51 Å². The van der Waals surface area contributed by atoms with Gasteiger partial charge < -0.3 is 24.7 Å². The molecule has 4 N–H and O–H groups in total. The number of benzene rings is 1. The van der Waals surface area contributed by atoms with Crippen molar-refractivity contribution in [3.05, 3.63) is 87.0 Å². The van der Waals surface area contributed by atoms with Gasteiger partial charge in [0.05, 0.1) is 18.8 Å². The van der Waals surface area contributed by atoms with Crippen LogP contribution in [-0.2, 0) is 20.4 Å². The molecule has 3 heterocycles. The molecule has 0 aliphatic carbocycles. The Kier molecular flexibility index (Phi) is 7.15. The first kappa shape index (κ1) is 25.1. The highest BCUT2D eigenvalue weighted by molar-refractivity contribution is 7.46. The number of rotatable bonds is 7. The third-order valence-corrected chi connectivity index (χ3v) is 6.30. The number of aliphatic hydroxyl groups excluding tert-OH is 2. The second-order valence-electron chi connectivity index (χ2n) is 8.06. The van der Waals surface area contributed by atoms with Gasteiger partial charge in [-0.25, -0.2) is 9.36 Å². The molecule has 35 heavy (non-hydrogen) atoms. The van der Waals surface area contributed by atoms with Crippen molar-refractivity contribution in [2.24, 2.45) is 0 Å². The van der Waals surface area contributed by atoms with Gasteiger partial charge in [0.15, 0.2) is 6.23 Å². The van der Waals surface area contributed by atoms with Crippen LogP contribution in [0.2, 0.25) is 0 Å². The van der Waals surface area contributed by atoms with Gasteiger partial charge in [-0.15, -0.1) is 0 Å². The fourth-order valence-electron chi connectivity index (χ4n) is 3.96. The molecule has 4 atom stereocenters. The number of hydrogen-bond acceptors (Lipinski definition) is 8. The predicted octanol–water partition coefficient (Wildman–Crippen LogP) is 0.157. The van der Waals surface area contributed by atoms with Crippen LogP contribution in [0.25, 0.3) is 11.1 Å². The van der Waals surface area contributed by atoms with Crippen LogP contribution < -0.4 is 11.2 Å². The van der Waals surface area contributed by atoms with Crippen molar-refractivity contribution in [2.75, 3.05) is 6.61 Å². The predicted molar refractivity (Wildman–Crippen MR) is 122 cm³/mol. The van der Waals surface area contributed by atoms with Crippen molar-refractivity contribution >= 4 is 7.82 Å². The minimum Gasteiger partial charge on any atom is -0.387 e. The molecule has 0 spiro atoms. The molecule has 2 unspecified atom stereocenters. The van der Waals surface area contributed by atoms with E-state index < -0.39 is 50.2 Å². The first-order valence-electron chi connectivity index (χ1n) is 10.6. The molecule has 0 amide bonds. The summed E-state index contributed by atoms with van der Waals surface area (Å²) in [6.07, 6.45) is -3.24. The lowest BCUT2D eigenvalue weighted by molar-refractivity contribution is -0.0548. The molecule has 0 saturated carbocycles. The highest BCUT2D eigenvalue weighted by Crippen LogP contribution is 2.38. The molecule has 12 nitrogen and oxygen atoms in total. The summed E-state index contributed by atoms with van der Waals surface area (Å²) in [4.78, 5) is 47.8. The summed E-state index contributed by atoms with van der Waals surface area (Å²) in [7, 11) is -4.84. The molecule has 13 heteroatoms. The topological polar surface area (TPSA) is 173 Å². The molecular formula is C22H24N3O9P. The maximum atomic E-state index is 13.2. The minimum absolute atomic E-state index is 0.152. The van der Waals surface area contributed by atoms with Crippen LogP contribution in [0.5, 0.6) is 0 Å². The van der Waals surface area contributed by atoms with E-state index in [-0.39, 0.29) is 6.54 Å². The average Bonchev–Trinajstić information content (AvgIpc) is 3.10. The summed E-state index contributed by atoms with van der Waals surface area (Å²) in [5.74, 6) is 0. The van der Waals surface area contributed by atoms with Crippen LogP contribution in [0.3, 0.4) is 0 Å². The molecule has 2 aromatic heterocycles. The SMILES string of the molecule is Cc1c(-c2ccccc2)ccnc1Cn1c(=O)ccn([C@@H]2O[C@H](COP(=O)(O)O)C(O)C2O)c1=O. The van der Waals surface area contributed by atoms with E-state index in [1.807, 2.05) is 43.3 Å². The fourth-order valence-corrected chi connectivity index (χ4v) is 4.30. The number of pyridine rings is 1. The van der Waals surface area contributed by atoms with Gasteiger partial charge in [-0.3, -0.25) is 23.4 Å². The first-order valence-corrected chi connectivity index (χ1v) is 12.1. The fraction of sp³-hybridized carbons (Fsp3) is 0.318. The van der Waals surface area contributed by atoms with Gasteiger partial charge in [0, 0.05) is 18.5 Å². The lowest BCUT2D eigenvalue weighted by Gasteiger charge is -2.19. The zero-order valence-corrected chi connectivity index (χ0v) is 19.4. The van der Waals surface area contributed by atoms with E-state index in [1.165, 1.54) is 0 Å². The van der Waals surface area contributed by atoms with Crippen LogP contribution in [0.1, 0.15) is 17.5 Å². The quantitative estimate of drug-likeness (QED) is 0.324. The number of ether oxygens (including phenoxy) is 1.